The second-order valence-electron chi connectivity index (χ2n) is 5.53. The molecule has 0 aliphatic carbocycles. The van der Waals surface area contributed by atoms with Gasteiger partial charge in [0, 0.05) is 30.1 Å². The molecular weight excluding hydrogens is 342 g/mol. The number of nitrogens with zero attached hydrogens (tertiary/aromatic N) is 2. The fourth-order valence-electron chi connectivity index (χ4n) is 2.34. The first-order chi connectivity index (χ1) is 12.0. The monoisotopic (exact) mass is 359 g/mol. The van der Waals surface area contributed by atoms with Gasteiger partial charge in [-0.05, 0) is 42.8 Å². The molecule has 1 aliphatic heterocycles. The van der Waals surface area contributed by atoms with Crippen LogP contribution >= 0.6 is 0 Å². The van der Waals surface area contributed by atoms with Crippen LogP contribution in [0.3, 0.4) is 0 Å². The molecule has 0 spiro atoms. The van der Waals surface area contributed by atoms with Gasteiger partial charge in [0.15, 0.2) is 5.75 Å². The van der Waals surface area contributed by atoms with E-state index in [1.165, 1.54) is 25.5 Å². The Morgan fingerprint density at radius 3 is 2.96 bits per heavy atom. The highest BCUT2D eigenvalue weighted by Crippen LogP contribution is 2.31. The number of rotatable bonds is 5. The molecule has 0 radical (unpaired) electrons. The average molecular weight is 359 g/mol. The van der Waals surface area contributed by atoms with Crippen LogP contribution in [-0.2, 0) is 10.0 Å². The molecule has 1 atom stereocenters. The van der Waals surface area contributed by atoms with E-state index < -0.39 is 16.1 Å². The highest BCUT2D eigenvalue weighted by Gasteiger charge is 2.20. The van der Waals surface area contributed by atoms with Crippen LogP contribution in [0.5, 0.6) is 5.75 Å². The molecule has 0 saturated carbocycles. The van der Waals surface area contributed by atoms with E-state index in [-0.39, 0.29) is 11.4 Å². The molecule has 7 nitrogen and oxygen atoms in total. The predicted molar refractivity (Wildman–Crippen MR) is 94.7 cm³/mol. The minimum Gasteiger partial charge on any atom is -0.392 e. The molecule has 1 aliphatic rings. The molecule has 2 N–H and O–H groups in total. The zero-order chi connectivity index (χ0) is 17.9. The van der Waals surface area contributed by atoms with Crippen LogP contribution in [0.2, 0.25) is 0 Å². The van der Waals surface area contributed by atoms with Crippen LogP contribution in [-0.4, -0.2) is 37.4 Å². The van der Waals surface area contributed by atoms with Gasteiger partial charge >= 0.3 is 0 Å². The third kappa shape index (κ3) is 3.93. The molecule has 1 aromatic heterocycles. The fourth-order valence-corrected chi connectivity index (χ4v) is 3.63. The molecule has 0 amide bonds. The summed E-state index contributed by atoms with van der Waals surface area (Å²) < 4.78 is 27.5. The Bertz CT molecular complexity index is 937. The van der Waals surface area contributed by atoms with Gasteiger partial charge in [0.05, 0.1) is 12.3 Å². The molecule has 0 bridgehead atoms. The minimum absolute atomic E-state index is 0.0466. The van der Waals surface area contributed by atoms with Crippen molar-refractivity contribution in [1.82, 2.24) is 9.71 Å². The van der Waals surface area contributed by atoms with E-state index >= 15 is 0 Å². The van der Waals surface area contributed by atoms with Gasteiger partial charge in [-0.15, -0.1) is 0 Å². The van der Waals surface area contributed by atoms with E-state index in [1.807, 2.05) is 12.1 Å². The van der Waals surface area contributed by atoms with Gasteiger partial charge < -0.3 is 9.94 Å². The van der Waals surface area contributed by atoms with Crippen molar-refractivity contribution >= 4 is 22.3 Å². The number of hydrogen-bond acceptors (Lipinski definition) is 6. The van der Waals surface area contributed by atoms with Gasteiger partial charge in [-0.1, -0.05) is 11.2 Å². The largest absolute Gasteiger partial charge is 0.392 e. The van der Waals surface area contributed by atoms with Gasteiger partial charge in [0.25, 0.3) is 0 Å². The van der Waals surface area contributed by atoms with Crippen molar-refractivity contribution in [2.45, 2.75) is 17.9 Å². The second-order valence-corrected chi connectivity index (χ2v) is 7.27. The summed E-state index contributed by atoms with van der Waals surface area (Å²) >= 11 is 0. The van der Waals surface area contributed by atoms with Gasteiger partial charge in [0.2, 0.25) is 10.0 Å². The van der Waals surface area contributed by atoms with Crippen molar-refractivity contribution in [3.63, 3.8) is 0 Å². The molecule has 3 rings (SSSR count). The van der Waals surface area contributed by atoms with Crippen molar-refractivity contribution in [1.29, 1.82) is 0 Å². The Labute approximate surface area is 145 Å². The highest BCUT2D eigenvalue weighted by molar-refractivity contribution is 7.89. The molecule has 0 fully saturated rings. The van der Waals surface area contributed by atoms with Crippen molar-refractivity contribution in [2.75, 3.05) is 6.54 Å². The molecule has 2 heterocycles. The van der Waals surface area contributed by atoms with Crippen LogP contribution in [0.15, 0.2) is 52.8 Å². The molecular formula is C17H17N3O4S. The lowest BCUT2D eigenvalue weighted by molar-refractivity contribution is 0.198. The maximum atomic E-state index is 12.6. The standard InChI is InChI=1S/C17H17N3O4S/c1-12(21)10-20-25(22,23)17-11-18-8-6-15(17)13-4-5-16-14(9-13)3-2-7-19-24-16/h2-9,11-12,20-21H,10H2,1H3. The number of nitrogens with one attached hydrogen (secondary N) is 1. The van der Waals surface area contributed by atoms with Crippen molar-refractivity contribution in [2.24, 2.45) is 5.16 Å². The number of fused-ring (bicyclic) bond motifs is 1. The summed E-state index contributed by atoms with van der Waals surface area (Å²) in [4.78, 5) is 9.21. The summed E-state index contributed by atoms with van der Waals surface area (Å²) in [6, 6.07) is 6.95. The van der Waals surface area contributed by atoms with E-state index in [0.29, 0.717) is 16.9 Å². The molecule has 0 saturated heterocycles. The van der Waals surface area contributed by atoms with Crippen LogP contribution in [0, 0.1) is 0 Å². The fraction of sp³-hybridized carbons (Fsp3) is 0.176. The number of aliphatic hydroxyl groups is 1. The Morgan fingerprint density at radius 1 is 1.32 bits per heavy atom. The Morgan fingerprint density at radius 2 is 2.16 bits per heavy atom. The van der Waals surface area contributed by atoms with E-state index in [1.54, 1.807) is 24.3 Å². The summed E-state index contributed by atoms with van der Waals surface area (Å²) in [6.07, 6.45) is 7.14. The number of allylic oxidation sites excluding steroid dienone is 1. The number of benzene rings is 1. The van der Waals surface area contributed by atoms with Gasteiger partial charge in [-0.25, -0.2) is 13.1 Å². The average Bonchev–Trinajstić information content (AvgIpc) is 2.85. The number of aromatic nitrogens is 1. The molecule has 1 aromatic carbocycles. The molecule has 2 aromatic rings. The summed E-state index contributed by atoms with van der Waals surface area (Å²) in [5.41, 5.74) is 2.00. The van der Waals surface area contributed by atoms with Gasteiger partial charge in [-0.2, -0.15) is 0 Å². The van der Waals surface area contributed by atoms with Gasteiger partial charge in [0.1, 0.15) is 4.90 Å². The second kappa shape index (κ2) is 7.14. The summed E-state index contributed by atoms with van der Waals surface area (Å²) in [5, 5.41) is 13.1. The molecule has 25 heavy (non-hydrogen) atoms. The Kier molecular flexibility index (Phi) is 4.93. The van der Waals surface area contributed by atoms with Gasteiger partial charge in [-0.3, -0.25) is 4.98 Å². The molecule has 130 valence electrons. The zero-order valence-corrected chi connectivity index (χ0v) is 14.3. The number of aliphatic hydroxyl groups excluding tert-OH is 1. The van der Waals surface area contributed by atoms with Crippen molar-refractivity contribution in [3.05, 3.63) is 48.3 Å². The smallest absolute Gasteiger partial charge is 0.242 e. The number of oxime groups is 1. The van der Waals surface area contributed by atoms with Crippen molar-refractivity contribution < 1.29 is 18.4 Å². The minimum atomic E-state index is -3.81. The number of pyridine rings is 1. The topological polar surface area (TPSA) is 101 Å². The Hall–Kier alpha value is -2.55. The quantitative estimate of drug-likeness (QED) is 0.848. The third-order valence-corrected chi connectivity index (χ3v) is 4.99. The first-order valence-corrected chi connectivity index (χ1v) is 9.09. The summed E-state index contributed by atoms with van der Waals surface area (Å²) in [7, 11) is -3.81. The van der Waals surface area contributed by atoms with Crippen LogP contribution in [0.1, 0.15) is 12.5 Å². The lowest BCUT2D eigenvalue weighted by atomic mass is 10.0. The first-order valence-electron chi connectivity index (χ1n) is 7.60. The molecule has 1 unspecified atom stereocenters. The normalized spacial score (nSPS) is 14.5. The van der Waals surface area contributed by atoms with Crippen molar-refractivity contribution in [3.8, 4) is 16.9 Å². The van der Waals surface area contributed by atoms with E-state index in [4.69, 9.17) is 4.84 Å². The lowest BCUT2D eigenvalue weighted by Gasteiger charge is -2.13. The van der Waals surface area contributed by atoms with Crippen LogP contribution < -0.4 is 9.56 Å². The maximum absolute atomic E-state index is 12.6. The lowest BCUT2D eigenvalue weighted by Crippen LogP contribution is -2.31. The SMILES string of the molecule is CC(O)CNS(=O)(=O)c1cnccc1-c1ccc2c(c1)C=CC=NO2. The number of hydrogen-bond donors (Lipinski definition) is 2. The third-order valence-electron chi connectivity index (χ3n) is 3.54. The van der Waals surface area contributed by atoms with Crippen LogP contribution in [0.25, 0.3) is 17.2 Å². The summed E-state index contributed by atoms with van der Waals surface area (Å²) in [5.74, 6) is 0.583. The molecule has 8 heteroatoms. The maximum Gasteiger partial charge on any atom is 0.242 e. The van der Waals surface area contributed by atoms with E-state index in [9.17, 15) is 13.5 Å². The first kappa shape index (κ1) is 17.3. The zero-order valence-electron chi connectivity index (χ0n) is 13.5. The van der Waals surface area contributed by atoms with Crippen LogP contribution in [0.4, 0.5) is 0 Å². The van der Waals surface area contributed by atoms with E-state index in [0.717, 1.165) is 5.56 Å². The predicted octanol–water partition coefficient (Wildman–Crippen LogP) is 1.80. The van der Waals surface area contributed by atoms with E-state index in [2.05, 4.69) is 14.9 Å². The number of sulfonamides is 1. The highest BCUT2D eigenvalue weighted by atomic mass is 32.2. The summed E-state index contributed by atoms with van der Waals surface area (Å²) in [6.45, 7) is 1.43. The Balaban J connectivity index is 2.03.